The summed E-state index contributed by atoms with van der Waals surface area (Å²) in [5.74, 6) is 4.35. The van der Waals surface area contributed by atoms with Gasteiger partial charge in [0.15, 0.2) is 17.7 Å². The molecule has 3 unspecified atom stereocenters. The van der Waals surface area contributed by atoms with Crippen LogP contribution < -0.4 is 23.7 Å². The Balaban J connectivity index is 0.000000671. The quantitative estimate of drug-likeness (QED) is 0.459. The first-order chi connectivity index (χ1) is 17.2. The first kappa shape index (κ1) is 28.6. The van der Waals surface area contributed by atoms with Crippen molar-refractivity contribution < 1.29 is 23.7 Å². The molecule has 3 heterocycles. The largest absolute Gasteiger partial charge is 0.497 e. The van der Waals surface area contributed by atoms with E-state index >= 15 is 0 Å². The highest BCUT2D eigenvalue weighted by Gasteiger charge is 2.42. The maximum absolute atomic E-state index is 6.55. The van der Waals surface area contributed by atoms with Crippen LogP contribution in [0.2, 0.25) is 0 Å². The lowest BCUT2D eigenvalue weighted by molar-refractivity contribution is -0.0180. The smallest absolute Gasteiger partial charge is 0.231 e. The molecule has 6 heteroatoms. The van der Waals surface area contributed by atoms with E-state index in [1.165, 1.54) is 12.8 Å². The van der Waals surface area contributed by atoms with Crippen molar-refractivity contribution >= 4 is 0 Å². The number of nitrogens with zero attached hydrogens (tertiary/aromatic N) is 1. The van der Waals surface area contributed by atoms with E-state index in [2.05, 4.69) is 24.0 Å². The van der Waals surface area contributed by atoms with Crippen molar-refractivity contribution in [2.24, 2.45) is 5.92 Å². The summed E-state index contributed by atoms with van der Waals surface area (Å²) in [6.07, 6.45) is 2.45. The van der Waals surface area contributed by atoms with Gasteiger partial charge in [0.1, 0.15) is 17.2 Å². The summed E-state index contributed by atoms with van der Waals surface area (Å²) in [5, 5.41) is 0. The molecule has 6 nitrogen and oxygen atoms in total. The Labute approximate surface area is 212 Å². The fourth-order valence-electron chi connectivity index (χ4n) is 4.90. The molecule has 2 aromatic rings. The number of ether oxygens (including phenoxy) is 5. The highest BCUT2D eigenvalue weighted by molar-refractivity contribution is 5.58. The molecular formula is C29H45NO5. The average Bonchev–Trinajstić information content (AvgIpc) is 3.63. The van der Waals surface area contributed by atoms with Crippen molar-refractivity contribution in [1.29, 1.82) is 0 Å². The molecule has 0 N–H and O–H groups in total. The van der Waals surface area contributed by atoms with Gasteiger partial charge >= 0.3 is 0 Å². The molecule has 0 amide bonds. The van der Waals surface area contributed by atoms with Gasteiger partial charge < -0.3 is 23.7 Å². The molecule has 0 aliphatic carbocycles. The summed E-state index contributed by atoms with van der Waals surface area (Å²) in [7, 11) is 3.38. The van der Waals surface area contributed by atoms with Gasteiger partial charge in [0.2, 0.25) is 6.79 Å². The zero-order valence-corrected chi connectivity index (χ0v) is 23.1. The molecule has 5 rings (SSSR count). The summed E-state index contributed by atoms with van der Waals surface area (Å²) in [6, 6.07) is 10.1. The molecule has 35 heavy (non-hydrogen) atoms. The van der Waals surface area contributed by atoms with Crippen LogP contribution in [0.4, 0.5) is 0 Å². The van der Waals surface area contributed by atoms with Crippen LogP contribution in [-0.4, -0.2) is 45.2 Å². The predicted octanol–water partition coefficient (Wildman–Crippen LogP) is 7.09. The van der Waals surface area contributed by atoms with Gasteiger partial charge in [-0.15, -0.1) is 0 Å². The van der Waals surface area contributed by atoms with Crippen LogP contribution in [0, 0.1) is 5.92 Å². The Morgan fingerprint density at radius 2 is 1.40 bits per heavy atom. The van der Waals surface area contributed by atoms with Gasteiger partial charge in [-0.1, -0.05) is 54.5 Å². The molecule has 3 aliphatic rings. The van der Waals surface area contributed by atoms with Gasteiger partial charge in [-0.05, 0) is 25.0 Å². The van der Waals surface area contributed by atoms with E-state index in [-0.39, 0.29) is 24.9 Å². The molecule has 0 spiro atoms. The lowest BCUT2D eigenvalue weighted by Gasteiger charge is -2.42. The van der Waals surface area contributed by atoms with E-state index in [0.29, 0.717) is 0 Å². The Hall–Kier alpha value is -2.60. The average molecular weight is 488 g/mol. The molecule has 0 aromatic heterocycles. The van der Waals surface area contributed by atoms with E-state index in [4.69, 9.17) is 23.7 Å². The minimum absolute atomic E-state index is 0.0159. The zero-order valence-electron chi connectivity index (χ0n) is 23.1. The lowest BCUT2D eigenvalue weighted by atomic mass is 9.77. The molecular weight excluding hydrogens is 442 g/mol. The van der Waals surface area contributed by atoms with Gasteiger partial charge in [0, 0.05) is 48.2 Å². The first-order valence-electron chi connectivity index (χ1n) is 13.3. The maximum Gasteiger partial charge on any atom is 0.231 e. The van der Waals surface area contributed by atoms with Crippen LogP contribution >= 0.6 is 0 Å². The summed E-state index contributed by atoms with van der Waals surface area (Å²) >= 11 is 0. The van der Waals surface area contributed by atoms with Gasteiger partial charge in [-0.25, -0.2) is 0 Å². The van der Waals surface area contributed by atoms with E-state index in [0.717, 1.165) is 53.0 Å². The maximum atomic E-state index is 6.55. The summed E-state index contributed by atoms with van der Waals surface area (Å²) in [4.78, 5) is 2.46. The Bertz CT molecular complexity index is 910. The number of hydrogen-bond donors (Lipinski definition) is 0. The molecule has 196 valence electrons. The molecule has 1 fully saturated rings. The number of hydrogen-bond acceptors (Lipinski definition) is 6. The first-order valence-corrected chi connectivity index (χ1v) is 13.3. The number of methoxy groups -OCH3 is 2. The number of fused-ring (bicyclic) bond motifs is 2. The third-order valence-corrected chi connectivity index (χ3v) is 6.34. The normalized spacial score (nSPS) is 21.6. The minimum atomic E-state index is 0.0159. The topological polar surface area (TPSA) is 49.4 Å². The molecule has 2 aromatic carbocycles. The number of rotatable bonds is 4. The van der Waals surface area contributed by atoms with Crippen LogP contribution in [0.1, 0.15) is 78.4 Å². The SMILES string of the molecule is CC.CC.CC.COc1ccc(C2c3cc4c(cc3OC(N3CCCC3)C2C)OCO4)c(OC)c1. The van der Waals surface area contributed by atoms with E-state index in [9.17, 15) is 0 Å². The molecule has 0 saturated carbocycles. The number of likely N-dealkylation sites (tertiary alicyclic amines) is 1. The Kier molecular flexibility index (Phi) is 11.5. The van der Waals surface area contributed by atoms with Crippen LogP contribution in [0.3, 0.4) is 0 Å². The van der Waals surface area contributed by atoms with Crippen molar-refractivity contribution in [1.82, 2.24) is 4.90 Å². The van der Waals surface area contributed by atoms with Crippen molar-refractivity contribution in [3.63, 3.8) is 0 Å². The second-order valence-corrected chi connectivity index (χ2v) is 7.94. The predicted molar refractivity (Wildman–Crippen MR) is 142 cm³/mol. The highest BCUT2D eigenvalue weighted by atomic mass is 16.7. The van der Waals surface area contributed by atoms with Gasteiger partial charge in [-0.2, -0.15) is 0 Å². The Morgan fingerprint density at radius 1 is 0.771 bits per heavy atom. The summed E-state index contributed by atoms with van der Waals surface area (Å²) in [6.45, 7) is 16.7. The van der Waals surface area contributed by atoms with Crippen LogP contribution in [0.25, 0.3) is 0 Å². The molecule has 0 radical (unpaired) electrons. The van der Waals surface area contributed by atoms with Gasteiger partial charge in [0.05, 0.1) is 14.2 Å². The fourth-order valence-corrected chi connectivity index (χ4v) is 4.90. The van der Waals surface area contributed by atoms with Crippen molar-refractivity contribution in [3.8, 4) is 28.7 Å². The molecule has 3 aliphatic heterocycles. The molecule has 3 atom stereocenters. The van der Waals surface area contributed by atoms with E-state index < -0.39 is 0 Å². The van der Waals surface area contributed by atoms with Crippen LogP contribution in [-0.2, 0) is 0 Å². The van der Waals surface area contributed by atoms with E-state index in [1.54, 1.807) is 14.2 Å². The minimum Gasteiger partial charge on any atom is -0.497 e. The van der Waals surface area contributed by atoms with E-state index in [1.807, 2.05) is 59.7 Å². The zero-order chi connectivity index (χ0) is 26.0. The van der Waals surface area contributed by atoms with Crippen molar-refractivity contribution in [2.75, 3.05) is 34.1 Å². The molecule has 1 saturated heterocycles. The van der Waals surface area contributed by atoms with Crippen molar-refractivity contribution in [3.05, 3.63) is 41.5 Å². The highest BCUT2D eigenvalue weighted by Crippen LogP contribution is 2.51. The monoisotopic (exact) mass is 487 g/mol. The Morgan fingerprint density at radius 3 is 2.00 bits per heavy atom. The van der Waals surface area contributed by atoms with Crippen molar-refractivity contribution in [2.45, 2.75) is 73.5 Å². The van der Waals surface area contributed by atoms with Crippen LogP contribution in [0.5, 0.6) is 28.7 Å². The lowest BCUT2D eigenvalue weighted by Crippen LogP contribution is -2.47. The molecule has 0 bridgehead atoms. The third-order valence-electron chi connectivity index (χ3n) is 6.34. The van der Waals surface area contributed by atoms with Gasteiger partial charge in [0.25, 0.3) is 0 Å². The third kappa shape index (κ3) is 5.97. The second kappa shape index (κ2) is 14.1. The summed E-state index contributed by atoms with van der Waals surface area (Å²) in [5.41, 5.74) is 2.24. The summed E-state index contributed by atoms with van der Waals surface area (Å²) < 4.78 is 29.0. The fraction of sp³-hybridized carbons (Fsp3) is 0.586. The number of benzene rings is 2. The standard InChI is InChI=1S/C23H27NO5.3C2H6/c1-14-22(16-7-6-15(25-2)10-18(16)26-3)17-11-20-21(28-13-27-20)12-19(17)29-23(14)24-8-4-5-9-24;3*1-2/h6-7,10-12,14,22-23H,4-5,8-9,13H2,1-3H3;3*1-2H3. The van der Waals surface area contributed by atoms with Gasteiger partial charge in [-0.3, -0.25) is 4.90 Å². The van der Waals surface area contributed by atoms with Crippen LogP contribution in [0.15, 0.2) is 30.3 Å². The second-order valence-electron chi connectivity index (χ2n) is 7.94.